The number of rotatable bonds is 7. The molecule has 0 saturated carbocycles. The van der Waals surface area contributed by atoms with Crippen LogP contribution in [0.2, 0.25) is 0 Å². The van der Waals surface area contributed by atoms with Crippen molar-refractivity contribution in [2.45, 2.75) is 18.3 Å². The molecule has 0 atom stereocenters. The molecule has 2 N–H and O–H groups in total. The maximum absolute atomic E-state index is 12.4. The quantitative estimate of drug-likeness (QED) is 0.582. The van der Waals surface area contributed by atoms with Crippen LogP contribution >= 0.6 is 11.8 Å². The van der Waals surface area contributed by atoms with E-state index in [9.17, 15) is 9.90 Å². The van der Waals surface area contributed by atoms with Gasteiger partial charge in [0, 0.05) is 24.5 Å². The van der Waals surface area contributed by atoms with E-state index < -0.39 is 0 Å². The van der Waals surface area contributed by atoms with Gasteiger partial charge < -0.3 is 24.5 Å². The number of aliphatic hydroxyl groups is 1. The first-order chi connectivity index (χ1) is 14.2. The second kappa shape index (κ2) is 9.02. The molecule has 7 nitrogen and oxygen atoms in total. The first-order valence-electron chi connectivity index (χ1n) is 9.24. The van der Waals surface area contributed by atoms with E-state index in [4.69, 9.17) is 9.47 Å². The lowest BCUT2D eigenvalue weighted by Crippen LogP contribution is -2.17. The fourth-order valence-electron chi connectivity index (χ4n) is 2.98. The van der Waals surface area contributed by atoms with E-state index in [1.165, 1.54) is 11.8 Å². The molecule has 0 radical (unpaired) electrons. The minimum Gasteiger partial charge on any atom is -0.486 e. The predicted molar refractivity (Wildman–Crippen MR) is 110 cm³/mol. The summed E-state index contributed by atoms with van der Waals surface area (Å²) in [5, 5.41) is 13.0. The minimum absolute atomic E-state index is 0.140. The van der Waals surface area contributed by atoms with Crippen molar-refractivity contribution in [3.8, 4) is 11.5 Å². The lowest BCUT2D eigenvalue weighted by Gasteiger charge is -2.19. The van der Waals surface area contributed by atoms with Crippen LogP contribution in [0.25, 0.3) is 0 Å². The molecular formula is C21H21N3O4S. The third kappa shape index (κ3) is 4.90. The number of thioether (sulfide) groups is 1. The smallest absolute Gasteiger partial charge is 0.234 e. The van der Waals surface area contributed by atoms with Crippen molar-refractivity contribution in [1.29, 1.82) is 0 Å². The summed E-state index contributed by atoms with van der Waals surface area (Å²) in [6.45, 7) is 1.51. The zero-order valence-electron chi connectivity index (χ0n) is 15.7. The topological polar surface area (TPSA) is 85.6 Å². The van der Waals surface area contributed by atoms with Gasteiger partial charge in [-0.05, 0) is 17.7 Å². The van der Waals surface area contributed by atoms with Crippen LogP contribution < -0.4 is 14.8 Å². The Bertz CT molecular complexity index is 991. The molecule has 1 aliphatic heterocycles. The van der Waals surface area contributed by atoms with Gasteiger partial charge in [-0.2, -0.15) is 0 Å². The first kappa shape index (κ1) is 19.4. The number of imidazole rings is 1. The van der Waals surface area contributed by atoms with E-state index in [1.54, 1.807) is 18.2 Å². The molecule has 0 fully saturated rings. The molecule has 150 valence electrons. The van der Waals surface area contributed by atoms with Crippen LogP contribution in [-0.4, -0.2) is 39.5 Å². The van der Waals surface area contributed by atoms with Gasteiger partial charge in [0.2, 0.25) is 5.91 Å². The molecule has 0 spiro atoms. The Morgan fingerprint density at radius 2 is 1.93 bits per heavy atom. The van der Waals surface area contributed by atoms with Crippen LogP contribution in [0, 0.1) is 0 Å². The zero-order chi connectivity index (χ0) is 20.1. The molecule has 1 amide bonds. The monoisotopic (exact) mass is 411 g/mol. The lowest BCUT2D eigenvalue weighted by molar-refractivity contribution is -0.113. The van der Waals surface area contributed by atoms with E-state index in [0.717, 1.165) is 5.56 Å². The second-order valence-corrected chi connectivity index (χ2v) is 7.42. The number of hydrogen-bond acceptors (Lipinski definition) is 6. The molecule has 1 aromatic heterocycles. The maximum Gasteiger partial charge on any atom is 0.234 e. The number of nitrogens with zero attached hydrogens (tertiary/aromatic N) is 2. The number of anilines is 1. The highest BCUT2D eigenvalue weighted by atomic mass is 32.2. The zero-order valence-corrected chi connectivity index (χ0v) is 16.5. The Balaban J connectivity index is 1.39. The first-order valence-corrected chi connectivity index (χ1v) is 10.2. The second-order valence-electron chi connectivity index (χ2n) is 6.48. The molecule has 1 aliphatic rings. The number of fused-ring (bicyclic) bond motifs is 1. The highest BCUT2D eigenvalue weighted by Crippen LogP contribution is 2.32. The Labute approximate surface area is 172 Å². The lowest BCUT2D eigenvalue weighted by atomic mass is 10.2. The van der Waals surface area contributed by atoms with E-state index >= 15 is 0 Å². The van der Waals surface area contributed by atoms with Crippen LogP contribution in [0.15, 0.2) is 59.9 Å². The number of hydrogen-bond donors (Lipinski definition) is 2. The normalized spacial score (nSPS) is 12.6. The van der Waals surface area contributed by atoms with Crippen molar-refractivity contribution in [1.82, 2.24) is 9.55 Å². The third-order valence-corrected chi connectivity index (χ3v) is 5.30. The summed E-state index contributed by atoms with van der Waals surface area (Å²) < 4.78 is 13.0. The Morgan fingerprint density at radius 3 is 2.72 bits per heavy atom. The number of aliphatic hydroxyl groups excluding tert-OH is 1. The molecular weight excluding hydrogens is 390 g/mol. The van der Waals surface area contributed by atoms with Crippen molar-refractivity contribution in [2.24, 2.45) is 0 Å². The number of nitrogens with one attached hydrogen (secondary N) is 1. The van der Waals surface area contributed by atoms with Gasteiger partial charge in [0.15, 0.2) is 16.7 Å². The van der Waals surface area contributed by atoms with Crippen molar-refractivity contribution < 1.29 is 19.4 Å². The predicted octanol–water partition coefficient (Wildman–Crippen LogP) is 2.93. The number of amides is 1. The van der Waals surface area contributed by atoms with Crippen molar-refractivity contribution in [2.75, 3.05) is 24.3 Å². The van der Waals surface area contributed by atoms with Crippen molar-refractivity contribution >= 4 is 23.4 Å². The highest BCUT2D eigenvalue weighted by Gasteiger charge is 2.14. The third-order valence-electron chi connectivity index (χ3n) is 4.31. The standard InChI is InChI=1S/C21H21N3O4S/c25-13-17-12-24(11-15-4-2-1-3-5-15)21(23-17)29-14-20(26)22-16-6-7-18-19(10-16)28-9-8-27-18/h1-7,10,12,25H,8-9,11,13-14H2,(H,22,26). The largest absolute Gasteiger partial charge is 0.486 e. The molecule has 3 aromatic rings. The molecule has 29 heavy (non-hydrogen) atoms. The fourth-order valence-corrected chi connectivity index (χ4v) is 3.78. The van der Waals surface area contributed by atoms with E-state index in [2.05, 4.69) is 10.3 Å². The van der Waals surface area contributed by atoms with Crippen LogP contribution in [0.4, 0.5) is 5.69 Å². The molecule has 8 heteroatoms. The number of benzene rings is 2. The van der Waals surface area contributed by atoms with E-state index in [-0.39, 0.29) is 18.3 Å². The van der Waals surface area contributed by atoms with Gasteiger partial charge in [-0.15, -0.1) is 0 Å². The maximum atomic E-state index is 12.4. The molecule has 2 heterocycles. The van der Waals surface area contributed by atoms with E-state index in [1.807, 2.05) is 41.1 Å². The number of ether oxygens (including phenoxy) is 2. The SMILES string of the molecule is O=C(CSc1nc(CO)cn1Cc1ccccc1)Nc1ccc2c(c1)OCCO2. The van der Waals surface area contributed by atoms with Gasteiger partial charge in [0.1, 0.15) is 13.2 Å². The van der Waals surface area contributed by atoms with Crippen LogP contribution in [-0.2, 0) is 17.9 Å². The van der Waals surface area contributed by atoms with Gasteiger partial charge in [0.25, 0.3) is 0 Å². The number of aromatic nitrogens is 2. The summed E-state index contributed by atoms with van der Waals surface area (Å²) >= 11 is 1.33. The molecule has 0 saturated heterocycles. The average Bonchev–Trinajstić information content (AvgIpc) is 3.14. The van der Waals surface area contributed by atoms with Gasteiger partial charge in [-0.1, -0.05) is 42.1 Å². The molecule has 0 unspecified atom stereocenters. The van der Waals surface area contributed by atoms with Crippen LogP contribution in [0.1, 0.15) is 11.3 Å². The Kier molecular flexibility index (Phi) is 6.02. The minimum atomic E-state index is -0.147. The van der Waals surface area contributed by atoms with Gasteiger partial charge in [0.05, 0.1) is 18.1 Å². The molecule has 0 aliphatic carbocycles. The summed E-state index contributed by atoms with van der Waals surface area (Å²) in [6.07, 6.45) is 1.81. The van der Waals surface area contributed by atoms with Crippen LogP contribution in [0.3, 0.4) is 0 Å². The average molecular weight is 411 g/mol. The highest BCUT2D eigenvalue weighted by molar-refractivity contribution is 7.99. The van der Waals surface area contributed by atoms with Gasteiger partial charge >= 0.3 is 0 Å². The summed E-state index contributed by atoms with van der Waals surface area (Å²) in [4.78, 5) is 16.8. The number of carbonyl (C=O) groups is 1. The van der Waals surface area contributed by atoms with Crippen molar-refractivity contribution in [3.63, 3.8) is 0 Å². The molecule has 2 aromatic carbocycles. The van der Waals surface area contributed by atoms with Crippen LogP contribution in [0.5, 0.6) is 11.5 Å². The molecule has 0 bridgehead atoms. The summed E-state index contributed by atoms with van der Waals surface area (Å²) in [7, 11) is 0. The Morgan fingerprint density at radius 1 is 1.14 bits per heavy atom. The fraction of sp³-hybridized carbons (Fsp3) is 0.238. The summed E-state index contributed by atoms with van der Waals surface area (Å²) in [5.41, 5.74) is 2.36. The molecule has 4 rings (SSSR count). The van der Waals surface area contributed by atoms with Crippen molar-refractivity contribution in [3.05, 3.63) is 66.0 Å². The van der Waals surface area contributed by atoms with Gasteiger partial charge in [-0.3, -0.25) is 4.79 Å². The summed E-state index contributed by atoms with van der Waals surface area (Å²) in [6, 6.07) is 15.3. The van der Waals surface area contributed by atoms with E-state index in [0.29, 0.717) is 47.8 Å². The van der Waals surface area contributed by atoms with Gasteiger partial charge in [-0.25, -0.2) is 4.98 Å². The Hall–Kier alpha value is -2.97. The number of carbonyl (C=O) groups excluding carboxylic acids is 1. The summed E-state index contributed by atoms with van der Waals surface area (Å²) in [5.74, 6) is 1.37.